The second-order valence-corrected chi connectivity index (χ2v) is 9.21. The normalized spacial score (nSPS) is 11.2. The molecule has 0 saturated carbocycles. The van der Waals surface area contributed by atoms with Crippen molar-refractivity contribution < 1.29 is 22.7 Å². The van der Waals surface area contributed by atoms with E-state index in [1.54, 1.807) is 43.3 Å². The Morgan fingerprint density at radius 2 is 1.65 bits per heavy atom. The number of ether oxygens (including phenoxy) is 2. The molecule has 1 amide bonds. The van der Waals surface area contributed by atoms with Crippen LogP contribution < -0.4 is 19.2 Å². The number of hydrogen-bond donors (Lipinski definition) is 1. The predicted molar refractivity (Wildman–Crippen MR) is 133 cm³/mol. The van der Waals surface area contributed by atoms with Gasteiger partial charge in [0.1, 0.15) is 24.7 Å². The highest BCUT2D eigenvalue weighted by atomic mass is 32.2. The second kappa shape index (κ2) is 11.9. The van der Waals surface area contributed by atoms with E-state index < -0.39 is 22.5 Å². The Hall–Kier alpha value is -3.85. The van der Waals surface area contributed by atoms with E-state index in [1.165, 1.54) is 6.21 Å². The Balaban J connectivity index is 1.58. The number of sulfonamides is 1. The number of nitrogens with zero attached hydrogens (tertiary/aromatic N) is 2. The highest BCUT2D eigenvalue weighted by Gasteiger charge is 2.23. The van der Waals surface area contributed by atoms with Crippen molar-refractivity contribution >= 4 is 27.8 Å². The van der Waals surface area contributed by atoms with Gasteiger partial charge in [0.2, 0.25) is 10.0 Å². The molecule has 3 aromatic carbocycles. The van der Waals surface area contributed by atoms with Crippen LogP contribution in [0.5, 0.6) is 11.5 Å². The molecule has 0 aliphatic carbocycles. The lowest BCUT2D eigenvalue weighted by atomic mass is 10.2. The molecule has 0 fully saturated rings. The molecule has 0 atom stereocenters. The quantitative estimate of drug-likeness (QED) is 0.334. The molecule has 0 aliphatic heterocycles. The van der Waals surface area contributed by atoms with E-state index in [1.807, 2.05) is 42.5 Å². The SMILES string of the molecule is CCOc1ccccc1N(CC(=O)N/N=C\c1ccc(OCc2ccccc2)cc1)S(C)(=O)=O. The van der Waals surface area contributed by atoms with Gasteiger partial charge in [0.05, 0.1) is 24.8 Å². The smallest absolute Gasteiger partial charge is 0.260 e. The molecule has 0 spiro atoms. The number of carbonyl (C=O) groups is 1. The molecule has 0 radical (unpaired) electrons. The summed E-state index contributed by atoms with van der Waals surface area (Å²) in [4.78, 5) is 12.4. The van der Waals surface area contributed by atoms with Gasteiger partial charge in [0.25, 0.3) is 5.91 Å². The minimum atomic E-state index is -3.73. The number of hydrogen-bond acceptors (Lipinski definition) is 6. The molecular weight excluding hydrogens is 454 g/mol. The van der Waals surface area contributed by atoms with Gasteiger partial charge in [-0.2, -0.15) is 5.10 Å². The molecule has 1 N–H and O–H groups in total. The molecule has 0 aromatic heterocycles. The number of para-hydroxylation sites is 2. The van der Waals surface area contributed by atoms with Gasteiger partial charge < -0.3 is 9.47 Å². The predicted octanol–water partition coefficient (Wildman–Crippen LogP) is 3.58. The zero-order valence-corrected chi connectivity index (χ0v) is 19.9. The van der Waals surface area contributed by atoms with Crippen LogP contribution in [0.15, 0.2) is 84.0 Å². The van der Waals surface area contributed by atoms with Gasteiger partial charge >= 0.3 is 0 Å². The van der Waals surface area contributed by atoms with Gasteiger partial charge in [-0.25, -0.2) is 13.8 Å². The molecule has 3 aromatic rings. The Bertz CT molecular complexity index is 1210. The number of benzene rings is 3. The first-order valence-electron chi connectivity index (χ1n) is 10.6. The van der Waals surface area contributed by atoms with Crippen LogP contribution in [0.4, 0.5) is 5.69 Å². The number of nitrogens with one attached hydrogen (secondary N) is 1. The van der Waals surface area contributed by atoms with E-state index in [0.717, 1.165) is 21.7 Å². The first kappa shape index (κ1) is 24.8. The summed E-state index contributed by atoms with van der Waals surface area (Å²) >= 11 is 0. The fourth-order valence-electron chi connectivity index (χ4n) is 3.06. The lowest BCUT2D eigenvalue weighted by Crippen LogP contribution is -2.39. The van der Waals surface area contributed by atoms with Crippen molar-refractivity contribution in [3.05, 3.63) is 90.0 Å². The van der Waals surface area contributed by atoms with Gasteiger partial charge in [0, 0.05) is 0 Å². The molecule has 0 bridgehead atoms. The van der Waals surface area contributed by atoms with Crippen LogP contribution in [0.1, 0.15) is 18.1 Å². The third-order valence-corrected chi connectivity index (χ3v) is 5.78. The van der Waals surface area contributed by atoms with Gasteiger partial charge in [-0.05, 0) is 54.4 Å². The van der Waals surface area contributed by atoms with Crippen molar-refractivity contribution in [2.75, 3.05) is 23.7 Å². The number of carbonyl (C=O) groups excluding carboxylic acids is 1. The fourth-order valence-corrected chi connectivity index (χ4v) is 3.92. The van der Waals surface area contributed by atoms with E-state index in [9.17, 15) is 13.2 Å². The molecule has 178 valence electrons. The number of anilines is 1. The Kier molecular flexibility index (Phi) is 8.64. The highest BCUT2D eigenvalue weighted by molar-refractivity contribution is 7.92. The summed E-state index contributed by atoms with van der Waals surface area (Å²) in [6, 6.07) is 23.7. The van der Waals surface area contributed by atoms with E-state index in [-0.39, 0.29) is 5.69 Å². The molecule has 0 saturated heterocycles. The lowest BCUT2D eigenvalue weighted by molar-refractivity contribution is -0.119. The van der Waals surface area contributed by atoms with Gasteiger partial charge in [-0.1, -0.05) is 42.5 Å². The third kappa shape index (κ3) is 7.35. The molecule has 3 rings (SSSR count). The minimum absolute atomic E-state index is 0.289. The van der Waals surface area contributed by atoms with E-state index in [0.29, 0.717) is 24.7 Å². The van der Waals surface area contributed by atoms with Crippen molar-refractivity contribution in [1.82, 2.24) is 5.43 Å². The van der Waals surface area contributed by atoms with Gasteiger partial charge in [-0.3, -0.25) is 9.10 Å². The summed E-state index contributed by atoms with van der Waals surface area (Å²) in [5, 5.41) is 3.93. The Morgan fingerprint density at radius 3 is 2.32 bits per heavy atom. The summed E-state index contributed by atoms with van der Waals surface area (Å²) in [5.41, 5.74) is 4.47. The Labute approximate surface area is 199 Å². The number of amides is 1. The summed E-state index contributed by atoms with van der Waals surface area (Å²) in [6.45, 7) is 2.19. The number of hydrazone groups is 1. The van der Waals surface area contributed by atoms with Crippen molar-refractivity contribution in [2.24, 2.45) is 5.10 Å². The van der Waals surface area contributed by atoms with E-state index in [2.05, 4.69) is 10.5 Å². The largest absolute Gasteiger partial charge is 0.492 e. The molecule has 0 aliphatic rings. The molecule has 0 heterocycles. The standard InChI is InChI=1S/C25H27N3O5S/c1-3-32-24-12-8-7-11-23(24)28(34(2,30)31)18-25(29)27-26-17-20-13-15-22(16-14-20)33-19-21-9-5-4-6-10-21/h4-17H,3,18-19H2,1-2H3,(H,27,29)/b26-17-. The van der Waals surface area contributed by atoms with Crippen LogP contribution in [0.25, 0.3) is 0 Å². The topological polar surface area (TPSA) is 97.3 Å². The average Bonchev–Trinajstić information content (AvgIpc) is 2.83. The van der Waals surface area contributed by atoms with Crippen molar-refractivity contribution in [1.29, 1.82) is 0 Å². The van der Waals surface area contributed by atoms with Crippen LogP contribution in [0.3, 0.4) is 0 Å². The van der Waals surface area contributed by atoms with Gasteiger partial charge in [0.15, 0.2) is 0 Å². The fraction of sp³-hybridized carbons (Fsp3) is 0.200. The number of rotatable bonds is 11. The first-order chi connectivity index (χ1) is 16.4. The lowest BCUT2D eigenvalue weighted by Gasteiger charge is -2.23. The first-order valence-corrected chi connectivity index (χ1v) is 12.5. The van der Waals surface area contributed by atoms with Crippen LogP contribution >= 0.6 is 0 Å². The minimum Gasteiger partial charge on any atom is -0.492 e. The molecule has 8 nitrogen and oxygen atoms in total. The van der Waals surface area contributed by atoms with E-state index >= 15 is 0 Å². The van der Waals surface area contributed by atoms with Crippen molar-refractivity contribution in [2.45, 2.75) is 13.5 Å². The average molecular weight is 482 g/mol. The summed E-state index contributed by atoms with van der Waals surface area (Å²) in [6.07, 6.45) is 2.51. The maximum atomic E-state index is 12.4. The monoisotopic (exact) mass is 481 g/mol. The van der Waals surface area contributed by atoms with Crippen LogP contribution in [-0.2, 0) is 21.4 Å². The molecule has 9 heteroatoms. The molecular formula is C25H27N3O5S. The van der Waals surface area contributed by atoms with Crippen LogP contribution in [-0.4, -0.2) is 39.9 Å². The maximum Gasteiger partial charge on any atom is 0.260 e. The van der Waals surface area contributed by atoms with Crippen LogP contribution in [0, 0.1) is 0 Å². The summed E-state index contributed by atoms with van der Waals surface area (Å²) in [7, 11) is -3.73. The third-order valence-electron chi connectivity index (χ3n) is 4.65. The van der Waals surface area contributed by atoms with Gasteiger partial charge in [-0.15, -0.1) is 0 Å². The Morgan fingerprint density at radius 1 is 0.971 bits per heavy atom. The zero-order valence-electron chi connectivity index (χ0n) is 19.0. The van der Waals surface area contributed by atoms with Crippen molar-refractivity contribution in [3.63, 3.8) is 0 Å². The molecule has 34 heavy (non-hydrogen) atoms. The molecule has 0 unspecified atom stereocenters. The second-order valence-electron chi connectivity index (χ2n) is 7.31. The maximum absolute atomic E-state index is 12.4. The van der Waals surface area contributed by atoms with Crippen molar-refractivity contribution in [3.8, 4) is 11.5 Å². The zero-order chi connectivity index (χ0) is 24.4. The highest BCUT2D eigenvalue weighted by Crippen LogP contribution is 2.29. The summed E-state index contributed by atoms with van der Waals surface area (Å²) < 4.78 is 36.9. The van der Waals surface area contributed by atoms with E-state index in [4.69, 9.17) is 9.47 Å². The van der Waals surface area contributed by atoms with Crippen LogP contribution in [0.2, 0.25) is 0 Å². The summed E-state index contributed by atoms with van der Waals surface area (Å²) in [5.74, 6) is 0.499.